The van der Waals surface area contributed by atoms with Crippen LogP contribution in [0.1, 0.15) is 49.3 Å². The Balaban J connectivity index is 1.54. The van der Waals surface area contributed by atoms with Crippen LogP contribution in [0.4, 0.5) is 4.79 Å². The van der Waals surface area contributed by atoms with Crippen molar-refractivity contribution in [2.75, 3.05) is 33.3 Å². The summed E-state index contributed by atoms with van der Waals surface area (Å²) >= 11 is 0. The van der Waals surface area contributed by atoms with E-state index in [1.165, 1.54) is 36.8 Å². The lowest BCUT2D eigenvalue weighted by atomic mass is 10.1. The van der Waals surface area contributed by atoms with Crippen molar-refractivity contribution in [1.29, 1.82) is 0 Å². The Kier molecular flexibility index (Phi) is 6.32. The predicted octanol–water partition coefficient (Wildman–Crippen LogP) is 2.55. The third-order valence-corrected chi connectivity index (χ3v) is 5.77. The number of aryl methyl sites for hydroxylation is 1. The fourth-order valence-corrected chi connectivity index (χ4v) is 4.33. The number of likely N-dealkylation sites (N-methyl/N-ethyl adjacent to an activating group) is 1. The van der Waals surface area contributed by atoms with Gasteiger partial charge in [-0.05, 0) is 43.9 Å². The van der Waals surface area contributed by atoms with E-state index in [1.807, 2.05) is 6.07 Å². The van der Waals surface area contributed by atoms with E-state index in [1.54, 1.807) is 4.90 Å². The number of fused-ring (bicyclic) bond motifs is 1. The van der Waals surface area contributed by atoms with Crippen molar-refractivity contribution in [2.24, 2.45) is 0 Å². The van der Waals surface area contributed by atoms with E-state index in [-0.39, 0.29) is 18.7 Å². The molecule has 1 aromatic rings. The second-order valence-corrected chi connectivity index (χ2v) is 7.32. The van der Waals surface area contributed by atoms with E-state index in [0.29, 0.717) is 19.1 Å². The Bertz CT molecular complexity index is 572. The molecule has 1 saturated carbocycles. The third-order valence-electron chi connectivity index (χ3n) is 5.77. The van der Waals surface area contributed by atoms with E-state index >= 15 is 0 Å². The van der Waals surface area contributed by atoms with Gasteiger partial charge in [-0.3, -0.25) is 0 Å². The molecule has 0 radical (unpaired) electrons. The zero-order valence-corrected chi connectivity index (χ0v) is 15.3. The topological polar surface area (TPSA) is 55.8 Å². The molecule has 2 aliphatic rings. The van der Waals surface area contributed by atoms with Crippen molar-refractivity contribution < 1.29 is 9.90 Å². The summed E-state index contributed by atoms with van der Waals surface area (Å²) in [5.41, 5.74) is 2.55. The molecule has 0 heterocycles. The Morgan fingerprint density at radius 3 is 2.72 bits per heavy atom. The molecule has 138 valence electrons. The summed E-state index contributed by atoms with van der Waals surface area (Å²) in [6, 6.07) is 9.03. The largest absolute Gasteiger partial charge is 0.395 e. The number of benzene rings is 1. The van der Waals surface area contributed by atoms with Crippen LogP contribution in [0.2, 0.25) is 0 Å². The molecule has 3 rings (SSSR count). The third kappa shape index (κ3) is 4.33. The summed E-state index contributed by atoms with van der Waals surface area (Å²) in [6.45, 7) is 1.91. The predicted molar refractivity (Wildman–Crippen MR) is 99.6 cm³/mol. The summed E-state index contributed by atoms with van der Waals surface area (Å²) in [5.74, 6) is 0. The molecule has 1 atom stereocenters. The van der Waals surface area contributed by atoms with Gasteiger partial charge in [-0.2, -0.15) is 0 Å². The summed E-state index contributed by atoms with van der Waals surface area (Å²) in [6.07, 6.45) is 7.15. The van der Waals surface area contributed by atoms with Crippen LogP contribution in [0.5, 0.6) is 0 Å². The van der Waals surface area contributed by atoms with Crippen LogP contribution in [0.3, 0.4) is 0 Å². The van der Waals surface area contributed by atoms with Gasteiger partial charge in [0.2, 0.25) is 0 Å². The number of nitrogens with one attached hydrogen (secondary N) is 1. The molecule has 0 bridgehead atoms. The molecule has 25 heavy (non-hydrogen) atoms. The van der Waals surface area contributed by atoms with Crippen LogP contribution in [-0.4, -0.2) is 60.3 Å². The second kappa shape index (κ2) is 8.68. The zero-order chi connectivity index (χ0) is 17.6. The molecule has 0 aliphatic heterocycles. The van der Waals surface area contributed by atoms with E-state index in [4.69, 9.17) is 0 Å². The number of carbonyl (C=O) groups excluding carboxylic acids is 1. The molecule has 5 nitrogen and oxygen atoms in total. The first-order chi connectivity index (χ1) is 12.2. The molecular formula is C20H31N3O2. The van der Waals surface area contributed by atoms with Crippen molar-refractivity contribution in [3.8, 4) is 0 Å². The van der Waals surface area contributed by atoms with Crippen molar-refractivity contribution in [3.05, 3.63) is 35.4 Å². The first kappa shape index (κ1) is 18.2. The number of rotatable bonds is 7. The minimum Gasteiger partial charge on any atom is -0.395 e. The highest BCUT2D eigenvalue weighted by molar-refractivity contribution is 5.75. The number of hydrogen-bond donors (Lipinski definition) is 2. The molecular weight excluding hydrogens is 314 g/mol. The molecule has 5 heteroatoms. The highest BCUT2D eigenvalue weighted by Crippen LogP contribution is 2.35. The van der Waals surface area contributed by atoms with Gasteiger partial charge in [0, 0.05) is 25.7 Å². The van der Waals surface area contributed by atoms with Crippen LogP contribution in [0, 0.1) is 0 Å². The second-order valence-electron chi connectivity index (χ2n) is 7.32. The first-order valence-electron chi connectivity index (χ1n) is 9.64. The van der Waals surface area contributed by atoms with E-state index < -0.39 is 0 Å². The van der Waals surface area contributed by atoms with Gasteiger partial charge >= 0.3 is 6.03 Å². The standard InChI is InChI=1S/C20H31N3O2/c1-22(17-7-3-4-8-17)13-12-21-20(25)23(14-15-24)19-11-10-16-6-2-5-9-18(16)19/h2,5-6,9,17,19,24H,3-4,7-8,10-15H2,1H3,(H,21,25). The Hall–Kier alpha value is -1.59. The highest BCUT2D eigenvalue weighted by Gasteiger charge is 2.30. The maximum Gasteiger partial charge on any atom is 0.318 e. The molecule has 2 amide bonds. The summed E-state index contributed by atoms with van der Waals surface area (Å²) in [7, 11) is 2.15. The van der Waals surface area contributed by atoms with Crippen molar-refractivity contribution >= 4 is 6.03 Å². The van der Waals surface area contributed by atoms with Crippen molar-refractivity contribution in [1.82, 2.24) is 15.1 Å². The number of aliphatic hydroxyl groups is 1. The summed E-state index contributed by atoms with van der Waals surface area (Å²) in [5, 5.41) is 12.5. The monoisotopic (exact) mass is 345 g/mol. The molecule has 0 aromatic heterocycles. The van der Waals surface area contributed by atoms with E-state index in [9.17, 15) is 9.90 Å². The van der Waals surface area contributed by atoms with E-state index in [0.717, 1.165) is 19.4 Å². The quantitative estimate of drug-likeness (QED) is 0.798. The number of amides is 2. The van der Waals surface area contributed by atoms with Gasteiger partial charge in [0.05, 0.1) is 12.6 Å². The average molecular weight is 345 g/mol. The van der Waals surface area contributed by atoms with Crippen LogP contribution in [-0.2, 0) is 6.42 Å². The highest BCUT2D eigenvalue weighted by atomic mass is 16.3. The molecule has 2 aliphatic carbocycles. The smallest absolute Gasteiger partial charge is 0.318 e. The number of aliphatic hydroxyl groups excluding tert-OH is 1. The molecule has 0 saturated heterocycles. The van der Waals surface area contributed by atoms with Gasteiger partial charge in [-0.25, -0.2) is 4.79 Å². The average Bonchev–Trinajstić information content (AvgIpc) is 3.29. The molecule has 2 N–H and O–H groups in total. The van der Waals surface area contributed by atoms with Gasteiger partial charge in [0.15, 0.2) is 0 Å². The molecule has 1 fully saturated rings. The van der Waals surface area contributed by atoms with Crippen molar-refractivity contribution in [3.63, 3.8) is 0 Å². The van der Waals surface area contributed by atoms with Crippen LogP contribution < -0.4 is 5.32 Å². The Morgan fingerprint density at radius 2 is 1.96 bits per heavy atom. The fourth-order valence-electron chi connectivity index (χ4n) is 4.33. The Morgan fingerprint density at radius 1 is 1.20 bits per heavy atom. The lowest BCUT2D eigenvalue weighted by molar-refractivity contribution is 0.149. The minimum absolute atomic E-state index is 0.00589. The zero-order valence-electron chi connectivity index (χ0n) is 15.3. The minimum atomic E-state index is -0.0597. The SMILES string of the molecule is CN(CCNC(=O)N(CCO)C1CCc2ccccc21)C1CCCC1. The number of carbonyl (C=O) groups is 1. The lowest BCUT2D eigenvalue weighted by Gasteiger charge is -2.30. The lowest BCUT2D eigenvalue weighted by Crippen LogP contribution is -2.45. The first-order valence-corrected chi connectivity index (χ1v) is 9.64. The maximum absolute atomic E-state index is 12.7. The number of hydrogen-bond acceptors (Lipinski definition) is 3. The van der Waals surface area contributed by atoms with Crippen LogP contribution in [0.25, 0.3) is 0 Å². The maximum atomic E-state index is 12.7. The van der Waals surface area contributed by atoms with Gasteiger partial charge in [0.1, 0.15) is 0 Å². The molecule has 1 unspecified atom stereocenters. The van der Waals surface area contributed by atoms with E-state index in [2.05, 4.69) is 35.5 Å². The number of nitrogens with zero attached hydrogens (tertiary/aromatic N) is 2. The van der Waals surface area contributed by atoms with Gasteiger partial charge in [-0.15, -0.1) is 0 Å². The van der Waals surface area contributed by atoms with Crippen LogP contribution in [0.15, 0.2) is 24.3 Å². The fraction of sp³-hybridized carbons (Fsp3) is 0.650. The van der Waals surface area contributed by atoms with Gasteiger partial charge in [-0.1, -0.05) is 37.1 Å². The number of urea groups is 1. The van der Waals surface area contributed by atoms with Gasteiger partial charge in [0.25, 0.3) is 0 Å². The summed E-state index contributed by atoms with van der Waals surface area (Å²) < 4.78 is 0. The summed E-state index contributed by atoms with van der Waals surface area (Å²) in [4.78, 5) is 16.9. The Labute approximate surface area is 151 Å². The normalized spacial score (nSPS) is 20.0. The molecule has 0 spiro atoms. The van der Waals surface area contributed by atoms with Crippen molar-refractivity contribution in [2.45, 2.75) is 50.6 Å². The molecule has 1 aromatic carbocycles. The van der Waals surface area contributed by atoms with Crippen LogP contribution >= 0.6 is 0 Å². The van der Waals surface area contributed by atoms with Gasteiger partial charge < -0.3 is 20.2 Å².